The first-order chi connectivity index (χ1) is 5.99. The lowest BCUT2D eigenvalue weighted by atomic mass is 9.89. The summed E-state index contributed by atoms with van der Waals surface area (Å²) in [5, 5.41) is 0. The highest BCUT2D eigenvalue weighted by molar-refractivity contribution is 5.77. The average molecular weight is 192 g/mol. The van der Waals surface area contributed by atoms with E-state index in [2.05, 4.69) is 0 Å². The number of ether oxygens (including phenoxy) is 1. The Morgan fingerprint density at radius 1 is 1.46 bits per heavy atom. The molecule has 0 saturated heterocycles. The summed E-state index contributed by atoms with van der Waals surface area (Å²) in [5.41, 5.74) is -0.963. The molecule has 1 saturated carbocycles. The molecule has 1 aliphatic carbocycles. The number of carbonyl (C=O) groups excluding carboxylic acids is 1. The summed E-state index contributed by atoms with van der Waals surface area (Å²) in [6.07, 6.45) is -3.16. The van der Waals surface area contributed by atoms with Crippen molar-refractivity contribution < 1.29 is 18.3 Å². The van der Waals surface area contributed by atoms with Gasteiger partial charge in [-0.25, -0.2) is 8.78 Å². The summed E-state index contributed by atoms with van der Waals surface area (Å²) in [6, 6.07) is 0. The smallest absolute Gasteiger partial charge is 0.311 e. The fourth-order valence-corrected chi connectivity index (χ4v) is 1.67. The van der Waals surface area contributed by atoms with Crippen LogP contribution >= 0.6 is 0 Å². The van der Waals surface area contributed by atoms with E-state index in [-0.39, 0.29) is 19.4 Å². The topological polar surface area (TPSA) is 26.3 Å². The van der Waals surface area contributed by atoms with Gasteiger partial charge in [0, 0.05) is 0 Å². The standard InChI is InChI=1S/C9H14F2O2/c1-3-13-8(12)9(2)4-6(10)7(11)5-9/h6-7H,3-5H2,1-2H3/t6-,7+,9?. The Hall–Kier alpha value is -0.670. The first-order valence-corrected chi connectivity index (χ1v) is 4.45. The number of rotatable bonds is 2. The van der Waals surface area contributed by atoms with Crippen LogP contribution in [0.5, 0.6) is 0 Å². The minimum atomic E-state index is -1.52. The Labute approximate surface area is 76.3 Å². The lowest BCUT2D eigenvalue weighted by Crippen LogP contribution is -2.27. The van der Waals surface area contributed by atoms with Gasteiger partial charge in [-0.05, 0) is 26.7 Å². The van der Waals surface area contributed by atoms with E-state index in [1.54, 1.807) is 13.8 Å². The lowest BCUT2D eigenvalue weighted by Gasteiger charge is -2.19. The van der Waals surface area contributed by atoms with Gasteiger partial charge in [-0.3, -0.25) is 4.79 Å². The van der Waals surface area contributed by atoms with Crippen molar-refractivity contribution in [3.63, 3.8) is 0 Å². The molecule has 0 aliphatic heterocycles. The zero-order valence-corrected chi connectivity index (χ0v) is 7.85. The van der Waals surface area contributed by atoms with E-state index < -0.39 is 23.7 Å². The largest absolute Gasteiger partial charge is 0.466 e. The van der Waals surface area contributed by atoms with E-state index >= 15 is 0 Å². The van der Waals surface area contributed by atoms with Crippen LogP contribution in [0.25, 0.3) is 0 Å². The van der Waals surface area contributed by atoms with Crippen LogP contribution in [0.4, 0.5) is 8.78 Å². The summed E-state index contributed by atoms with van der Waals surface area (Å²) >= 11 is 0. The van der Waals surface area contributed by atoms with Crippen LogP contribution < -0.4 is 0 Å². The predicted octanol–water partition coefficient (Wildman–Crippen LogP) is 2.03. The molecule has 0 radical (unpaired) electrons. The quantitative estimate of drug-likeness (QED) is 0.626. The van der Waals surface area contributed by atoms with Crippen LogP contribution in [0.3, 0.4) is 0 Å². The van der Waals surface area contributed by atoms with Gasteiger partial charge in [-0.2, -0.15) is 0 Å². The molecular formula is C9H14F2O2. The molecule has 3 atom stereocenters. The molecule has 4 heteroatoms. The van der Waals surface area contributed by atoms with Crippen LogP contribution in [-0.4, -0.2) is 24.9 Å². The van der Waals surface area contributed by atoms with Gasteiger partial charge >= 0.3 is 5.97 Å². The summed E-state index contributed by atoms with van der Waals surface area (Å²) in [4.78, 5) is 11.3. The molecule has 1 unspecified atom stereocenters. The van der Waals surface area contributed by atoms with Gasteiger partial charge in [0.05, 0.1) is 12.0 Å². The molecule has 2 nitrogen and oxygen atoms in total. The third-order valence-corrected chi connectivity index (χ3v) is 2.45. The molecular weight excluding hydrogens is 178 g/mol. The average Bonchev–Trinajstić information content (AvgIpc) is 2.28. The SMILES string of the molecule is CCOC(=O)C1(C)C[C@@H](F)[C@@H](F)C1. The molecule has 13 heavy (non-hydrogen) atoms. The highest BCUT2D eigenvalue weighted by Gasteiger charge is 2.48. The van der Waals surface area contributed by atoms with Gasteiger partial charge in [0.1, 0.15) is 12.3 Å². The second-order valence-corrected chi connectivity index (χ2v) is 3.72. The molecule has 0 heterocycles. The molecule has 0 aromatic rings. The molecule has 1 aliphatic rings. The summed E-state index contributed by atoms with van der Waals surface area (Å²) in [7, 11) is 0. The van der Waals surface area contributed by atoms with E-state index in [1.165, 1.54) is 0 Å². The minimum absolute atomic E-state index is 0.0625. The summed E-state index contributed by atoms with van der Waals surface area (Å²) in [6.45, 7) is 3.48. The van der Waals surface area contributed by atoms with E-state index in [0.29, 0.717) is 0 Å². The van der Waals surface area contributed by atoms with Crippen molar-refractivity contribution in [2.24, 2.45) is 5.41 Å². The Bertz CT molecular complexity index is 196. The molecule has 0 spiro atoms. The number of hydrogen-bond acceptors (Lipinski definition) is 2. The first kappa shape index (κ1) is 10.4. The van der Waals surface area contributed by atoms with Crippen molar-refractivity contribution in [1.29, 1.82) is 0 Å². The van der Waals surface area contributed by atoms with Gasteiger partial charge in [0.25, 0.3) is 0 Å². The summed E-state index contributed by atoms with van der Waals surface area (Å²) in [5.74, 6) is -0.488. The van der Waals surface area contributed by atoms with E-state index in [9.17, 15) is 13.6 Å². The number of carbonyl (C=O) groups is 1. The Morgan fingerprint density at radius 3 is 2.31 bits per heavy atom. The van der Waals surface area contributed by atoms with Crippen LogP contribution in [0, 0.1) is 5.41 Å². The molecule has 0 N–H and O–H groups in total. The van der Waals surface area contributed by atoms with Gasteiger partial charge in [0.15, 0.2) is 0 Å². The van der Waals surface area contributed by atoms with Gasteiger partial charge in [0.2, 0.25) is 0 Å². The second-order valence-electron chi connectivity index (χ2n) is 3.72. The fraction of sp³-hybridized carbons (Fsp3) is 0.889. The third kappa shape index (κ3) is 1.98. The van der Waals surface area contributed by atoms with Crippen molar-refractivity contribution in [2.45, 2.75) is 39.0 Å². The van der Waals surface area contributed by atoms with Crippen LogP contribution in [0.1, 0.15) is 26.7 Å². The maximum atomic E-state index is 12.8. The van der Waals surface area contributed by atoms with Crippen molar-refractivity contribution >= 4 is 5.97 Å². The predicted molar refractivity (Wildman–Crippen MR) is 43.8 cm³/mol. The summed E-state index contributed by atoms with van der Waals surface area (Å²) < 4.78 is 30.4. The van der Waals surface area contributed by atoms with Crippen LogP contribution in [0.2, 0.25) is 0 Å². The number of esters is 1. The van der Waals surface area contributed by atoms with E-state index in [4.69, 9.17) is 4.74 Å². The van der Waals surface area contributed by atoms with Gasteiger partial charge in [-0.1, -0.05) is 0 Å². The van der Waals surface area contributed by atoms with Crippen molar-refractivity contribution in [3.8, 4) is 0 Å². The molecule has 1 rings (SSSR count). The van der Waals surface area contributed by atoms with Gasteiger partial charge < -0.3 is 4.74 Å². The maximum absolute atomic E-state index is 12.8. The van der Waals surface area contributed by atoms with Crippen molar-refractivity contribution in [1.82, 2.24) is 0 Å². The third-order valence-electron chi connectivity index (χ3n) is 2.45. The molecule has 76 valence electrons. The monoisotopic (exact) mass is 192 g/mol. The van der Waals surface area contributed by atoms with Crippen LogP contribution in [0.15, 0.2) is 0 Å². The minimum Gasteiger partial charge on any atom is -0.466 e. The van der Waals surface area contributed by atoms with Crippen molar-refractivity contribution in [3.05, 3.63) is 0 Å². The van der Waals surface area contributed by atoms with E-state index in [1.807, 2.05) is 0 Å². The number of alkyl halides is 2. The molecule has 0 aromatic carbocycles. The Morgan fingerprint density at radius 2 is 1.92 bits per heavy atom. The Balaban J connectivity index is 2.63. The van der Waals surface area contributed by atoms with Crippen LogP contribution in [-0.2, 0) is 9.53 Å². The normalized spacial score (nSPS) is 39.1. The lowest BCUT2D eigenvalue weighted by molar-refractivity contribution is -0.154. The zero-order valence-electron chi connectivity index (χ0n) is 7.85. The highest BCUT2D eigenvalue weighted by Crippen LogP contribution is 2.41. The molecule has 0 amide bonds. The molecule has 1 fully saturated rings. The zero-order chi connectivity index (χ0) is 10.1. The maximum Gasteiger partial charge on any atom is 0.311 e. The Kier molecular flexibility index (Phi) is 2.88. The van der Waals surface area contributed by atoms with E-state index in [0.717, 1.165) is 0 Å². The molecule has 0 aromatic heterocycles. The first-order valence-electron chi connectivity index (χ1n) is 4.45. The molecule has 0 bridgehead atoms. The van der Waals surface area contributed by atoms with Crippen molar-refractivity contribution in [2.75, 3.05) is 6.61 Å². The second kappa shape index (κ2) is 3.60. The highest BCUT2D eigenvalue weighted by atomic mass is 19.2. The number of halogens is 2. The van der Waals surface area contributed by atoms with Gasteiger partial charge in [-0.15, -0.1) is 0 Å². The fourth-order valence-electron chi connectivity index (χ4n) is 1.67. The number of hydrogen-bond donors (Lipinski definition) is 0.